The van der Waals surface area contributed by atoms with Crippen molar-refractivity contribution in [1.82, 2.24) is 10.2 Å². The molecule has 8 nitrogen and oxygen atoms in total. The second-order valence-electron chi connectivity index (χ2n) is 7.14. The van der Waals surface area contributed by atoms with E-state index in [0.717, 1.165) is 0 Å². The molecule has 0 aliphatic carbocycles. The zero-order chi connectivity index (χ0) is 20.4. The van der Waals surface area contributed by atoms with Gasteiger partial charge in [0.05, 0.1) is 5.92 Å². The van der Waals surface area contributed by atoms with Gasteiger partial charge in [-0.15, -0.1) is 0 Å². The quantitative estimate of drug-likeness (QED) is 0.771. The number of nitrogens with zero attached hydrogens (tertiary/aromatic N) is 2. The van der Waals surface area contributed by atoms with Crippen LogP contribution < -0.4 is 10.2 Å². The fraction of sp³-hybridized carbons (Fsp3) is 0.474. The number of carboxylic acid groups (broad SMARTS) is 1. The molecule has 2 aliphatic rings. The van der Waals surface area contributed by atoms with Crippen molar-refractivity contribution < 1.29 is 28.7 Å². The molecule has 2 fully saturated rings. The number of amides is 3. The first-order valence-electron chi connectivity index (χ1n) is 9.17. The highest BCUT2D eigenvalue weighted by Gasteiger charge is 2.39. The first kappa shape index (κ1) is 19.8. The topological polar surface area (TPSA) is 107 Å². The monoisotopic (exact) mass is 391 g/mol. The lowest BCUT2D eigenvalue weighted by atomic mass is 10.1. The summed E-state index contributed by atoms with van der Waals surface area (Å²) in [5.41, 5.74) is 0.507. The Morgan fingerprint density at radius 1 is 1.25 bits per heavy atom. The average molecular weight is 391 g/mol. The van der Waals surface area contributed by atoms with Gasteiger partial charge in [0.2, 0.25) is 17.7 Å². The SMILES string of the molecule is C[C@H](NC(=O)[C@@H]1CC(=O)N(c2ccc(F)cc2)C1)C(=O)N1CCC[C@@H]1C(=O)O. The Labute approximate surface area is 161 Å². The standard InChI is InChI=1S/C19H22FN3O5/c1-11(18(26)22-8-2-3-15(22)19(27)28)21-17(25)12-9-16(24)23(10-12)14-6-4-13(20)5-7-14/h4-7,11-12,15H,2-3,8-10H2,1H3,(H,21,25)(H,27,28)/t11-,12+,15+/m0/s1. The molecule has 28 heavy (non-hydrogen) atoms. The van der Waals surface area contributed by atoms with Crippen molar-refractivity contribution >= 4 is 29.4 Å². The first-order valence-corrected chi connectivity index (χ1v) is 9.17. The van der Waals surface area contributed by atoms with Crippen LogP contribution in [0.3, 0.4) is 0 Å². The van der Waals surface area contributed by atoms with E-state index >= 15 is 0 Å². The molecule has 1 aromatic carbocycles. The van der Waals surface area contributed by atoms with E-state index in [-0.39, 0.29) is 18.9 Å². The summed E-state index contributed by atoms with van der Waals surface area (Å²) in [5, 5.41) is 11.8. The summed E-state index contributed by atoms with van der Waals surface area (Å²) < 4.78 is 13.1. The molecule has 3 atom stereocenters. The minimum Gasteiger partial charge on any atom is -0.480 e. The maximum absolute atomic E-state index is 13.1. The van der Waals surface area contributed by atoms with Gasteiger partial charge in [0.1, 0.15) is 17.9 Å². The van der Waals surface area contributed by atoms with Gasteiger partial charge in [-0.25, -0.2) is 9.18 Å². The minimum absolute atomic E-state index is 0.00835. The van der Waals surface area contributed by atoms with Gasteiger partial charge in [-0.05, 0) is 44.0 Å². The van der Waals surface area contributed by atoms with Crippen LogP contribution in [0.2, 0.25) is 0 Å². The molecule has 3 rings (SSSR count). The van der Waals surface area contributed by atoms with Crippen molar-refractivity contribution in [3.05, 3.63) is 30.1 Å². The van der Waals surface area contributed by atoms with Gasteiger partial charge in [0.15, 0.2) is 0 Å². The Bertz CT molecular complexity index is 797. The van der Waals surface area contributed by atoms with Crippen molar-refractivity contribution in [2.75, 3.05) is 18.0 Å². The molecule has 2 aliphatic heterocycles. The molecule has 3 amide bonds. The molecular formula is C19H22FN3O5. The van der Waals surface area contributed by atoms with Crippen LogP contribution in [0.15, 0.2) is 24.3 Å². The molecule has 2 saturated heterocycles. The van der Waals surface area contributed by atoms with Crippen LogP contribution in [-0.4, -0.2) is 58.9 Å². The second kappa shape index (κ2) is 7.95. The number of anilines is 1. The van der Waals surface area contributed by atoms with E-state index in [0.29, 0.717) is 25.1 Å². The van der Waals surface area contributed by atoms with E-state index in [4.69, 9.17) is 0 Å². The lowest BCUT2D eigenvalue weighted by molar-refractivity contribution is -0.149. The van der Waals surface area contributed by atoms with E-state index in [9.17, 15) is 28.7 Å². The summed E-state index contributed by atoms with van der Waals surface area (Å²) in [6, 6.07) is 3.67. The lowest BCUT2D eigenvalue weighted by Crippen LogP contribution is -2.51. The number of carbonyl (C=O) groups excluding carboxylic acids is 3. The molecule has 0 bridgehead atoms. The van der Waals surface area contributed by atoms with Crippen molar-refractivity contribution in [2.24, 2.45) is 5.92 Å². The number of benzene rings is 1. The van der Waals surface area contributed by atoms with Crippen LogP contribution in [0.4, 0.5) is 10.1 Å². The van der Waals surface area contributed by atoms with Crippen LogP contribution in [-0.2, 0) is 19.2 Å². The fourth-order valence-corrected chi connectivity index (χ4v) is 3.68. The fourth-order valence-electron chi connectivity index (χ4n) is 3.68. The van der Waals surface area contributed by atoms with E-state index in [1.807, 2.05) is 0 Å². The number of carbonyl (C=O) groups is 4. The van der Waals surface area contributed by atoms with Crippen molar-refractivity contribution in [3.63, 3.8) is 0 Å². The zero-order valence-corrected chi connectivity index (χ0v) is 15.4. The van der Waals surface area contributed by atoms with Crippen molar-refractivity contribution in [1.29, 1.82) is 0 Å². The maximum Gasteiger partial charge on any atom is 0.326 e. The van der Waals surface area contributed by atoms with Gasteiger partial charge in [-0.2, -0.15) is 0 Å². The molecular weight excluding hydrogens is 369 g/mol. The highest BCUT2D eigenvalue weighted by Crippen LogP contribution is 2.25. The van der Waals surface area contributed by atoms with E-state index < -0.39 is 41.6 Å². The molecule has 1 aromatic rings. The first-order chi connectivity index (χ1) is 13.3. The molecule has 9 heteroatoms. The lowest BCUT2D eigenvalue weighted by Gasteiger charge is -2.26. The average Bonchev–Trinajstić information content (AvgIpc) is 3.28. The number of rotatable bonds is 5. The van der Waals surface area contributed by atoms with Gasteiger partial charge in [0.25, 0.3) is 0 Å². The number of hydrogen-bond acceptors (Lipinski definition) is 4. The number of hydrogen-bond donors (Lipinski definition) is 2. The van der Waals surface area contributed by atoms with Crippen molar-refractivity contribution in [2.45, 2.75) is 38.3 Å². The number of likely N-dealkylation sites (tertiary alicyclic amines) is 1. The predicted octanol–water partition coefficient (Wildman–Crippen LogP) is 0.759. The largest absolute Gasteiger partial charge is 0.480 e. The highest BCUT2D eigenvalue weighted by atomic mass is 19.1. The number of aliphatic carboxylic acids is 1. The molecule has 2 N–H and O–H groups in total. The molecule has 2 heterocycles. The minimum atomic E-state index is -1.05. The normalized spacial score (nSPS) is 23.0. The molecule has 0 radical (unpaired) electrons. The molecule has 0 unspecified atom stereocenters. The van der Waals surface area contributed by atoms with Gasteiger partial charge in [0, 0.05) is 25.2 Å². The Morgan fingerprint density at radius 2 is 1.93 bits per heavy atom. The summed E-state index contributed by atoms with van der Waals surface area (Å²) in [6.45, 7) is 1.99. The number of nitrogens with one attached hydrogen (secondary N) is 1. The van der Waals surface area contributed by atoms with Gasteiger partial charge in [-0.1, -0.05) is 0 Å². The zero-order valence-electron chi connectivity index (χ0n) is 15.4. The van der Waals surface area contributed by atoms with Crippen LogP contribution in [0, 0.1) is 11.7 Å². The van der Waals surface area contributed by atoms with E-state index in [1.54, 1.807) is 0 Å². The van der Waals surface area contributed by atoms with Crippen LogP contribution >= 0.6 is 0 Å². The summed E-state index contributed by atoms with van der Waals surface area (Å²) >= 11 is 0. The van der Waals surface area contributed by atoms with Crippen LogP contribution in [0.25, 0.3) is 0 Å². The Morgan fingerprint density at radius 3 is 2.57 bits per heavy atom. The van der Waals surface area contributed by atoms with Crippen LogP contribution in [0.5, 0.6) is 0 Å². The molecule has 150 valence electrons. The highest BCUT2D eigenvalue weighted by molar-refractivity contribution is 6.01. The Kier molecular flexibility index (Phi) is 5.62. The van der Waals surface area contributed by atoms with E-state index in [1.165, 1.54) is 41.0 Å². The third-order valence-corrected chi connectivity index (χ3v) is 5.18. The van der Waals surface area contributed by atoms with Gasteiger partial charge in [-0.3, -0.25) is 14.4 Å². The molecule has 0 spiro atoms. The third kappa shape index (κ3) is 3.97. The smallest absolute Gasteiger partial charge is 0.326 e. The molecule has 0 saturated carbocycles. The van der Waals surface area contributed by atoms with Gasteiger partial charge >= 0.3 is 5.97 Å². The Balaban J connectivity index is 1.60. The van der Waals surface area contributed by atoms with E-state index in [2.05, 4.69) is 5.32 Å². The number of carboxylic acids is 1. The Hall–Kier alpha value is -2.97. The van der Waals surface area contributed by atoms with Crippen molar-refractivity contribution in [3.8, 4) is 0 Å². The summed E-state index contributed by atoms with van der Waals surface area (Å²) in [6.07, 6.45) is 0.990. The number of halogens is 1. The predicted molar refractivity (Wildman–Crippen MR) is 96.8 cm³/mol. The molecule has 0 aromatic heterocycles. The summed E-state index contributed by atoms with van der Waals surface area (Å²) in [5.74, 6) is -3.25. The van der Waals surface area contributed by atoms with Crippen LogP contribution in [0.1, 0.15) is 26.2 Å². The third-order valence-electron chi connectivity index (χ3n) is 5.18. The summed E-state index contributed by atoms with van der Waals surface area (Å²) in [4.78, 5) is 51.2. The second-order valence-corrected chi connectivity index (χ2v) is 7.14. The maximum atomic E-state index is 13.1. The summed E-state index contributed by atoms with van der Waals surface area (Å²) in [7, 11) is 0. The van der Waals surface area contributed by atoms with Gasteiger partial charge < -0.3 is 20.2 Å².